The van der Waals surface area contributed by atoms with Gasteiger partial charge in [-0.2, -0.15) is 0 Å². The third-order valence-electron chi connectivity index (χ3n) is 4.31. The van der Waals surface area contributed by atoms with Crippen LogP contribution in [0.15, 0.2) is 66.9 Å². The van der Waals surface area contributed by atoms with E-state index in [0.717, 1.165) is 16.5 Å². The Kier molecular flexibility index (Phi) is 4.43. The molecule has 0 N–H and O–H groups in total. The molecule has 2 unspecified atom stereocenters. The van der Waals surface area contributed by atoms with E-state index < -0.39 is 8.60 Å². The molecule has 2 heterocycles. The fourth-order valence-corrected chi connectivity index (χ4v) is 4.45. The van der Waals surface area contributed by atoms with Gasteiger partial charge >= 0.3 is 8.60 Å². The zero-order valence-corrected chi connectivity index (χ0v) is 15.1. The number of para-hydroxylation sites is 1. The number of fused-ring (bicyclic) bond motifs is 1. The second-order valence-corrected chi connectivity index (χ2v) is 7.90. The molecule has 4 nitrogen and oxygen atoms in total. The van der Waals surface area contributed by atoms with Crippen molar-refractivity contribution in [3.63, 3.8) is 0 Å². The van der Waals surface area contributed by atoms with Crippen molar-refractivity contribution in [3.8, 4) is 5.75 Å². The summed E-state index contributed by atoms with van der Waals surface area (Å²) in [6.45, 7) is 4.88. The van der Waals surface area contributed by atoms with Crippen LogP contribution < -0.4 is 4.52 Å². The van der Waals surface area contributed by atoms with Crippen molar-refractivity contribution in [1.29, 1.82) is 0 Å². The molecule has 4 rings (SSSR count). The molecule has 0 aliphatic carbocycles. The lowest BCUT2D eigenvalue weighted by molar-refractivity contribution is -0.0254. The second kappa shape index (κ2) is 6.72. The van der Waals surface area contributed by atoms with Gasteiger partial charge in [0.05, 0.1) is 12.7 Å². The van der Waals surface area contributed by atoms with E-state index in [0.29, 0.717) is 12.4 Å². The van der Waals surface area contributed by atoms with Crippen LogP contribution in [0, 0.1) is 5.41 Å². The van der Waals surface area contributed by atoms with Crippen molar-refractivity contribution in [2.75, 3.05) is 6.61 Å². The van der Waals surface area contributed by atoms with E-state index in [1.165, 1.54) is 0 Å². The van der Waals surface area contributed by atoms with E-state index >= 15 is 0 Å². The molecule has 0 radical (unpaired) electrons. The Morgan fingerprint density at radius 1 is 1.04 bits per heavy atom. The van der Waals surface area contributed by atoms with Crippen molar-refractivity contribution < 1.29 is 13.6 Å². The van der Waals surface area contributed by atoms with Crippen LogP contribution in [0.2, 0.25) is 0 Å². The van der Waals surface area contributed by atoms with Crippen LogP contribution in [0.3, 0.4) is 0 Å². The predicted octanol–water partition coefficient (Wildman–Crippen LogP) is 5.65. The molecule has 0 spiro atoms. The van der Waals surface area contributed by atoms with Gasteiger partial charge in [-0.25, -0.2) is 0 Å². The van der Waals surface area contributed by atoms with E-state index in [-0.39, 0.29) is 11.5 Å². The first-order valence-electron chi connectivity index (χ1n) is 8.30. The highest BCUT2D eigenvalue weighted by Gasteiger charge is 2.41. The van der Waals surface area contributed by atoms with E-state index in [9.17, 15) is 0 Å². The van der Waals surface area contributed by atoms with Crippen LogP contribution in [-0.4, -0.2) is 11.6 Å². The summed E-state index contributed by atoms with van der Waals surface area (Å²) in [4.78, 5) is 4.43. The summed E-state index contributed by atoms with van der Waals surface area (Å²) in [5.74, 6) is 0.690. The summed E-state index contributed by atoms with van der Waals surface area (Å²) in [7, 11) is -1.48. The molecule has 1 aliphatic rings. The molecular formula is C20H20NO3P. The first kappa shape index (κ1) is 16.5. The number of pyridine rings is 1. The van der Waals surface area contributed by atoms with Crippen molar-refractivity contribution in [2.45, 2.75) is 20.0 Å². The zero-order valence-electron chi connectivity index (χ0n) is 14.3. The van der Waals surface area contributed by atoms with Gasteiger partial charge in [-0.05, 0) is 17.7 Å². The molecule has 25 heavy (non-hydrogen) atoms. The zero-order chi connectivity index (χ0) is 17.3. The minimum atomic E-state index is -1.48. The molecule has 0 saturated carbocycles. The average molecular weight is 353 g/mol. The molecule has 3 aromatic rings. The molecule has 2 aromatic carbocycles. The second-order valence-electron chi connectivity index (χ2n) is 6.80. The Hall–Kier alpha value is -2.00. The van der Waals surface area contributed by atoms with Gasteiger partial charge in [0.25, 0.3) is 0 Å². The lowest BCUT2D eigenvalue weighted by Crippen LogP contribution is -2.32. The number of rotatable bonds is 3. The van der Waals surface area contributed by atoms with Crippen molar-refractivity contribution in [1.82, 2.24) is 4.98 Å². The van der Waals surface area contributed by atoms with Gasteiger partial charge in [0.15, 0.2) is 5.75 Å². The predicted molar refractivity (Wildman–Crippen MR) is 99.3 cm³/mol. The van der Waals surface area contributed by atoms with Crippen LogP contribution in [0.4, 0.5) is 0 Å². The summed E-state index contributed by atoms with van der Waals surface area (Å²) < 4.78 is 18.2. The fraction of sp³-hybridized carbons (Fsp3) is 0.250. The summed E-state index contributed by atoms with van der Waals surface area (Å²) in [6, 6.07) is 20.1. The Morgan fingerprint density at radius 2 is 1.84 bits per heavy atom. The fourth-order valence-electron chi connectivity index (χ4n) is 2.97. The number of hydrogen-bond donors (Lipinski definition) is 0. The van der Waals surface area contributed by atoms with Gasteiger partial charge in [-0.15, -0.1) is 0 Å². The molecule has 5 heteroatoms. The van der Waals surface area contributed by atoms with Crippen LogP contribution in [0.5, 0.6) is 5.75 Å². The highest BCUT2D eigenvalue weighted by molar-refractivity contribution is 7.42. The Morgan fingerprint density at radius 3 is 2.68 bits per heavy atom. The lowest BCUT2D eigenvalue weighted by Gasteiger charge is -2.40. The number of aromatic nitrogens is 1. The smallest absolute Gasteiger partial charge is 0.397 e. The Balaban J connectivity index is 1.59. The Labute approximate surface area is 148 Å². The standard InChI is InChI=1S/C20H20NO3P/c1-20(2)14-22-25(24-19(20)16-8-4-3-5-9-16)23-17-12-6-10-15-11-7-13-21-18(15)17/h3-13,19H,14H2,1-2H3. The SMILES string of the molecule is CC1(C)COP(Oc2cccc3cccnc23)OC1c1ccccc1. The molecule has 128 valence electrons. The molecule has 0 amide bonds. The molecule has 1 aliphatic heterocycles. The third kappa shape index (κ3) is 3.38. The van der Waals surface area contributed by atoms with Crippen molar-refractivity contribution in [2.24, 2.45) is 5.41 Å². The van der Waals surface area contributed by atoms with Gasteiger partial charge in [-0.1, -0.05) is 62.4 Å². The molecule has 0 bridgehead atoms. The lowest BCUT2D eigenvalue weighted by atomic mass is 9.83. The van der Waals surface area contributed by atoms with Crippen molar-refractivity contribution in [3.05, 3.63) is 72.4 Å². The summed E-state index contributed by atoms with van der Waals surface area (Å²) >= 11 is 0. The highest BCUT2D eigenvalue weighted by Crippen LogP contribution is 2.56. The summed E-state index contributed by atoms with van der Waals surface area (Å²) in [5.41, 5.74) is 1.84. The molecule has 1 fully saturated rings. The van der Waals surface area contributed by atoms with E-state index in [2.05, 4.69) is 31.0 Å². The van der Waals surface area contributed by atoms with Crippen LogP contribution >= 0.6 is 8.60 Å². The van der Waals surface area contributed by atoms with E-state index in [4.69, 9.17) is 13.6 Å². The summed E-state index contributed by atoms with van der Waals surface area (Å²) in [6.07, 6.45) is 1.69. The highest BCUT2D eigenvalue weighted by atomic mass is 31.2. The number of hydrogen-bond acceptors (Lipinski definition) is 4. The van der Waals surface area contributed by atoms with Crippen molar-refractivity contribution >= 4 is 19.5 Å². The quantitative estimate of drug-likeness (QED) is 0.570. The monoisotopic (exact) mass is 353 g/mol. The molecule has 1 aromatic heterocycles. The maximum absolute atomic E-state index is 6.23. The van der Waals surface area contributed by atoms with Gasteiger partial charge in [0, 0.05) is 17.0 Å². The van der Waals surface area contributed by atoms with E-state index in [1.54, 1.807) is 6.20 Å². The topological polar surface area (TPSA) is 40.6 Å². The molecule has 2 atom stereocenters. The number of benzene rings is 2. The van der Waals surface area contributed by atoms with Crippen LogP contribution in [0.25, 0.3) is 10.9 Å². The van der Waals surface area contributed by atoms with E-state index in [1.807, 2.05) is 48.5 Å². The maximum Gasteiger partial charge on any atom is 0.397 e. The molecular weight excluding hydrogens is 333 g/mol. The number of nitrogens with zero attached hydrogens (tertiary/aromatic N) is 1. The minimum absolute atomic E-state index is 0.0727. The van der Waals surface area contributed by atoms with Gasteiger partial charge in [-0.3, -0.25) is 9.51 Å². The Bertz CT molecular complexity index is 864. The maximum atomic E-state index is 6.23. The summed E-state index contributed by atoms with van der Waals surface area (Å²) in [5, 5.41) is 1.03. The minimum Gasteiger partial charge on any atom is -0.424 e. The van der Waals surface area contributed by atoms with Crippen LogP contribution in [-0.2, 0) is 9.05 Å². The largest absolute Gasteiger partial charge is 0.424 e. The van der Waals surface area contributed by atoms with Gasteiger partial charge < -0.3 is 9.05 Å². The first-order chi connectivity index (χ1) is 12.1. The first-order valence-corrected chi connectivity index (χ1v) is 9.39. The van der Waals surface area contributed by atoms with Crippen LogP contribution in [0.1, 0.15) is 25.5 Å². The van der Waals surface area contributed by atoms with Gasteiger partial charge in [0.2, 0.25) is 0 Å². The third-order valence-corrected chi connectivity index (χ3v) is 5.38. The average Bonchev–Trinajstić information content (AvgIpc) is 2.64. The molecule has 1 saturated heterocycles. The van der Waals surface area contributed by atoms with Gasteiger partial charge in [0.1, 0.15) is 5.52 Å². The normalized spacial score (nSPS) is 22.6.